The summed E-state index contributed by atoms with van der Waals surface area (Å²) in [6, 6.07) is 0.636. The molecule has 0 bridgehead atoms. The van der Waals surface area contributed by atoms with E-state index in [9.17, 15) is 4.79 Å². The van der Waals surface area contributed by atoms with E-state index < -0.39 is 5.97 Å². The molecule has 18 heavy (non-hydrogen) atoms. The molecule has 1 unspecified atom stereocenters. The van der Waals surface area contributed by atoms with Crippen molar-refractivity contribution in [3.63, 3.8) is 0 Å². The normalized spacial score (nSPS) is 28.6. The molecule has 1 N–H and O–H groups in total. The number of carboxylic acids is 1. The second kappa shape index (κ2) is 7.07. The molecule has 2 fully saturated rings. The summed E-state index contributed by atoms with van der Waals surface area (Å²) < 4.78 is 5.51. The van der Waals surface area contributed by atoms with Gasteiger partial charge in [0.15, 0.2) is 0 Å². The van der Waals surface area contributed by atoms with Crippen LogP contribution in [0.5, 0.6) is 0 Å². The van der Waals surface area contributed by atoms with Crippen LogP contribution < -0.4 is 0 Å². The van der Waals surface area contributed by atoms with Crippen molar-refractivity contribution in [3.05, 3.63) is 0 Å². The van der Waals surface area contributed by atoms with Gasteiger partial charge in [0, 0.05) is 38.9 Å². The zero-order chi connectivity index (χ0) is 12.8. The smallest absolute Gasteiger partial charge is 0.317 e. The van der Waals surface area contributed by atoms with Crippen LogP contribution in [0.1, 0.15) is 25.7 Å². The highest BCUT2D eigenvalue weighted by Gasteiger charge is 2.23. The number of ether oxygens (including phenoxy) is 1. The molecule has 2 aliphatic heterocycles. The Morgan fingerprint density at radius 2 is 2.00 bits per heavy atom. The summed E-state index contributed by atoms with van der Waals surface area (Å²) in [5.74, 6) is -0.716. The van der Waals surface area contributed by atoms with Gasteiger partial charge in [-0.3, -0.25) is 14.6 Å². The van der Waals surface area contributed by atoms with Crippen LogP contribution in [-0.2, 0) is 9.53 Å². The number of aliphatic carboxylic acids is 1. The second-order valence-electron chi connectivity index (χ2n) is 5.26. The molecule has 2 aliphatic rings. The third kappa shape index (κ3) is 4.23. The van der Waals surface area contributed by atoms with Crippen LogP contribution in [0.25, 0.3) is 0 Å². The minimum atomic E-state index is -0.716. The highest BCUT2D eigenvalue weighted by molar-refractivity contribution is 5.69. The summed E-state index contributed by atoms with van der Waals surface area (Å²) in [7, 11) is 0. The molecule has 0 amide bonds. The molecule has 104 valence electrons. The van der Waals surface area contributed by atoms with Gasteiger partial charge in [-0.2, -0.15) is 0 Å². The predicted molar refractivity (Wildman–Crippen MR) is 68.7 cm³/mol. The molecule has 0 aromatic heterocycles. The van der Waals surface area contributed by atoms with E-state index in [2.05, 4.69) is 9.80 Å². The number of hydrogen-bond donors (Lipinski definition) is 1. The molecule has 2 rings (SSSR count). The summed E-state index contributed by atoms with van der Waals surface area (Å²) >= 11 is 0. The van der Waals surface area contributed by atoms with Crippen LogP contribution in [0.2, 0.25) is 0 Å². The van der Waals surface area contributed by atoms with Crippen LogP contribution in [0.4, 0.5) is 0 Å². The standard InChI is InChI=1S/C13H24N2O3/c16-13(17)11-14-5-2-6-15(8-7-14)12-3-1-9-18-10-4-12/h12H,1-11H2,(H,16,17). The van der Waals surface area contributed by atoms with Gasteiger partial charge in [0.2, 0.25) is 0 Å². The van der Waals surface area contributed by atoms with Gasteiger partial charge >= 0.3 is 5.97 Å². The minimum absolute atomic E-state index is 0.182. The van der Waals surface area contributed by atoms with Crippen LogP contribution in [0.3, 0.4) is 0 Å². The van der Waals surface area contributed by atoms with Gasteiger partial charge in [-0.05, 0) is 32.2 Å². The van der Waals surface area contributed by atoms with E-state index in [4.69, 9.17) is 9.84 Å². The van der Waals surface area contributed by atoms with Crippen molar-refractivity contribution >= 4 is 5.97 Å². The van der Waals surface area contributed by atoms with Crippen molar-refractivity contribution in [3.8, 4) is 0 Å². The summed E-state index contributed by atoms with van der Waals surface area (Å²) in [6.07, 6.45) is 4.57. The van der Waals surface area contributed by atoms with Gasteiger partial charge in [-0.15, -0.1) is 0 Å². The first-order valence-corrected chi connectivity index (χ1v) is 7.01. The lowest BCUT2D eigenvalue weighted by Crippen LogP contribution is -2.39. The number of nitrogens with zero attached hydrogens (tertiary/aromatic N) is 2. The summed E-state index contributed by atoms with van der Waals surface area (Å²) in [4.78, 5) is 15.3. The van der Waals surface area contributed by atoms with E-state index >= 15 is 0 Å². The van der Waals surface area contributed by atoms with Gasteiger partial charge in [-0.1, -0.05) is 0 Å². The maximum absolute atomic E-state index is 10.7. The molecule has 2 heterocycles. The number of hydrogen-bond acceptors (Lipinski definition) is 4. The van der Waals surface area contributed by atoms with Gasteiger partial charge < -0.3 is 9.84 Å². The van der Waals surface area contributed by atoms with Crippen molar-refractivity contribution in [2.75, 3.05) is 45.9 Å². The molecule has 5 nitrogen and oxygen atoms in total. The van der Waals surface area contributed by atoms with E-state index in [0.717, 1.165) is 58.7 Å². The Morgan fingerprint density at radius 1 is 1.11 bits per heavy atom. The lowest BCUT2D eigenvalue weighted by atomic mass is 10.1. The van der Waals surface area contributed by atoms with Crippen LogP contribution in [-0.4, -0.2) is 72.9 Å². The minimum Gasteiger partial charge on any atom is -0.480 e. The second-order valence-corrected chi connectivity index (χ2v) is 5.26. The number of rotatable bonds is 3. The van der Waals surface area contributed by atoms with E-state index in [1.165, 1.54) is 6.42 Å². The highest BCUT2D eigenvalue weighted by atomic mass is 16.5. The molecular formula is C13H24N2O3. The molecule has 0 aromatic carbocycles. The Hall–Kier alpha value is -0.650. The van der Waals surface area contributed by atoms with Gasteiger partial charge in [0.1, 0.15) is 0 Å². The lowest BCUT2D eigenvalue weighted by Gasteiger charge is -2.29. The van der Waals surface area contributed by atoms with Gasteiger partial charge in [0.25, 0.3) is 0 Å². The number of carboxylic acid groups (broad SMARTS) is 1. The highest BCUT2D eigenvalue weighted by Crippen LogP contribution is 2.17. The Balaban J connectivity index is 1.81. The molecule has 5 heteroatoms. The summed E-state index contributed by atoms with van der Waals surface area (Å²) in [5.41, 5.74) is 0. The van der Waals surface area contributed by atoms with E-state index in [1.807, 2.05) is 0 Å². The molecule has 0 spiro atoms. The third-order valence-electron chi connectivity index (χ3n) is 3.92. The molecular weight excluding hydrogens is 232 g/mol. The summed E-state index contributed by atoms with van der Waals surface area (Å²) in [5, 5.41) is 8.84. The molecule has 0 aromatic rings. The van der Waals surface area contributed by atoms with Crippen LogP contribution in [0.15, 0.2) is 0 Å². The Labute approximate surface area is 109 Å². The Bertz CT molecular complexity index is 265. The third-order valence-corrected chi connectivity index (χ3v) is 3.92. The molecule has 0 saturated carbocycles. The SMILES string of the molecule is O=C(O)CN1CCCN(C2CCCOCC2)CC1. The first kappa shape index (κ1) is 13.8. The van der Waals surface area contributed by atoms with E-state index in [1.54, 1.807) is 0 Å². The molecule has 0 aliphatic carbocycles. The van der Waals surface area contributed by atoms with Crippen molar-refractivity contribution in [2.24, 2.45) is 0 Å². The van der Waals surface area contributed by atoms with Crippen molar-refractivity contribution in [1.82, 2.24) is 9.80 Å². The first-order chi connectivity index (χ1) is 8.75. The fourth-order valence-electron chi connectivity index (χ4n) is 2.96. The lowest BCUT2D eigenvalue weighted by molar-refractivity contribution is -0.138. The van der Waals surface area contributed by atoms with E-state index in [0.29, 0.717) is 6.04 Å². The van der Waals surface area contributed by atoms with Gasteiger partial charge in [0.05, 0.1) is 6.54 Å². The molecule has 1 atom stereocenters. The Morgan fingerprint density at radius 3 is 2.83 bits per heavy atom. The largest absolute Gasteiger partial charge is 0.480 e. The average molecular weight is 256 g/mol. The predicted octanol–water partition coefficient (Wildman–Crippen LogP) is 0.648. The summed E-state index contributed by atoms with van der Waals surface area (Å²) in [6.45, 7) is 5.84. The topological polar surface area (TPSA) is 53.0 Å². The Kier molecular flexibility index (Phi) is 5.41. The van der Waals surface area contributed by atoms with Crippen molar-refractivity contribution in [2.45, 2.75) is 31.7 Å². The molecule has 2 saturated heterocycles. The maximum atomic E-state index is 10.7. The van der Waals surface area contributed by atoms with Crippen molar-refractivity contribution < 1.29 is 14.6 Å². The quantitative estimate of drug-likeness (QED) is 0.803. The monoisotopic (exact) mass is 256 g/mol. The van der Waals surface area contributed by atoms with Crippen molar-refractivity contribution in [1.29, 1.82) is 0 Å². The zero-order valence-corrected chi connectivity index (χ0v) is 11.0. The first-order valence-electron chi connectivity index (χ1n) is 7.01. The zero-order valence-electron chi connectivity index (χ0n) is 11.0. The number of carbonyl (C=O) groups is 1. The fourth-order valence-corrected chi connectivity index (χ4v) is 2.96. The molecule has 0 radical (unpaired) electrons. The van der Waals surface area contributed by atoms with Crippen LogP contribution in [0, 0.1) is 0 Å². The maximum Gasteiger partial charge on any atom is 0.317 e. The van der Waals surface area contributed by atoms with Gasteiger partial charge in [-0.25, -0.2) is 0 Å². The average Bonchev–Trinajstić information content (AvgIpc) is 2.70. The fraction of sp³-hybridized carbons (Fsp3) is 0.923. The van der Waals surface area contributed by atoms with Crippen LogP contribution >= 0.6 is 0 Å². The van der Waals surface area contributed by atoms with E-state index in [-0.39, 0.29) is 6.54 Å².